The Kier molecular flexibility index (Phi) is 6.82. The van der Waals surface area contributed by atoms with Crippen LogP contribution in [0.15, 0.2) is 53.6 Å². The Labute approximate surface area is 225 Å². The van der Waals surface area contributed by atoms with Gasteiger partial charge in [-0.15, -0.1) is 5.10 Å². The molecule has 13 nitrogen and oxygen atoms in total. The number of H-pyrrole nitrogens is 1. The Balaban J connectivity index is 1.35. The van der Waals surface area contributed by atoms with Crippen LogP contribution in [0.3, 0.4) is 0 Å². The number of aromatic amines is 1. The van der Waals surface area contributed by atoms with Crippen LogP contribution in [0.25, 0.3) is 28.0 Å². The van der Waals surface area contributed by atoms with Crippen LogP contribution in [-0.2, 0) is 11.3 Å². The Hall–Kier alpha value is -5.40. The van der Waals surface area contributed by atoms with Crippen LogP contribution in [0, 0.1) is 5.82 Å². The van der Waals surface area contributed by atoms with Crippen molar-refractivity contribution in [2.45, 2.75) is 26.3 Å². The largest absolute Gasteiger partial charge is 0.508 e. The van der Waals surface area contributed by atoms with Crippen molar-refractivity contribution in [1.82, 2.24) is 29.3 Å². The van der Waals surface area contributed by atoms with Gasteiger partial charge in [-0.05, 0) is 41.8 Å². The maximum Gasteiger partial charge on any atom is 0.412 e. The Morgan fingerprint density at radius 3 is 2.70 bits per heavy atom. The molecule has 5 N–H and O–H groups in total. The number of aromatic hydroxyl groups is 3. The normalized spacial score (nSPS) is 11.3. The van der Waals surface area contributed by atoms with Crippen molar-refractivity contribution in [1.29, 1.82) is 0 Å². The van der Waals surface area contributed by atoms with Gasteiger partial charge in [-0.25, -0.2) is 18.5 Å². The molecule has 0 aliphatic rings. The van der Waals surface area contributed by atoms with Gasteiger partial charge in [0.1, 0.15) is 18.1 Å². The lowest BCUT2D eigenvalue weighted by Gasteiger charge is -2.14. The Morgan fingerprint density at radius 1 is 1.12 bits per heavy atom. The zero-order valence-electron chi connectivity index (χ0n) is 21.3. The molecule has 5 rings (SSSR count). The number of hydrogen-bond donors (Lipinski definition) is 5. The summed E-state index contributed by atoms with van der Waals surface area (Å²) in [5.41, 5.74) is 1.38. The molecule has 0 radical (unpaired) electrons. The lowest BCUT2D eigenvalue weighted by atomic mass is 9.98. The first-order valence-corrected chi connectivity index (χ1v) is 12.1. The van der Waals surface area contributed by atoms with Gasteiger partial charge in [0.2, 0.25) is 0 Å². The summed E-state index contributed by atoms with van der Waals surface area (Å²) in [6.45, 7) is 4.01. The average Bonchev–Trinajstić information content (AvgIpc) is 3.48. The predicted molar refractivity (Wildman–Crippen MR) is 141 cm³/mol. The topological polar surface area (TPSA) is 180 Å². The minimum atomic E-state index is -0.968. The number of ether oxygens (including phenoxy) is 1. The van der Waals surface area contributed by atoms with E-state index in [1.54, 1.807) is 30.5 Å². The summed E-state index contributed by atoms with van der Waals surface area (Å²) in [5, 5.41) is 41.9. The Morgan fingerprint density at radius 2 is 1.93 bits per heavy atom. The van der Waals surface area contributed by atoms with Crippen molar-refractivity contribution in [3.8, 4) is 34.6 Å². The minimum Gasteiger partial charge on any atom is -0.508 e. The van der Waals surface area contributed by atoms with Gasteiger partial charge in [0.15, 0.2) is 17.5 Å². The fourth-order valence-electron chi connectivity index (χ4n) is 4.28. The van der Waals surface area contributed by atoms with E-state index in [9.17, 15) is 29.3 Å². The standard InChI is InChI=1S/C26H24FN7O6/c1-13(2)16-10-17(21(36)11-20(16)35)23-31-32-25(38)34(23)15-3-4-19-14(9-15)5-6-33(19)7-8-40-26(39)30-22-18(27)12-28-24(37)29-22/h3-6,9-13,35-36H,7-8H2,1-2H3,(H,32,38)(H2,28,29,30,37,39). The summed E-state index contributed by atoms with van der Waals surface area (Å²) >= 11 is 0. The van der Waals surface area contributed by atoms with E-state index in [4.69, 9.17) is 4.74 Å². The molecule has 0 saturated carbocycles. The molecule has 0 aliphatic carbocycles. The van der Waals surface area contributed by atoms with Gasteiger partial charge < -0.3 is 29.6 Å². The van der Waals surface area contributed by atoms with Crippen LogP contribution in [0.4, 0.5) is 15.0 Å². The molecular formula is C26H24FN7O6. The summed E-state index contributed by atoms with van der Waals surface area (Å²) in [4.78, 5) is 28.6. The molecule has 0 spiro atoms. The zero-order chi connectivity index (χ0) is 28.6. The van der Waals surface area contributed by atoms with Crippen molar-refractivity contribution in [2.24, 2.45) is 0 Å². The maximum atomic E-state index is 13.7. The number of amides is 1. The first-order valence-electron chi connectivity index (χ1n) is 12.1. The number of rotatable bonds is 7. The molecule has 14 heteroatoms. The zero-order valence-corrected chi connectivity index (χ0v) is 21.3. The molecule has 3 aromatic heterocycles. The number of carbonyl (C=O) groups excluding carboxylic acids is 1. The molecule has 2 aromatic carbocycles. The van der Waals surface area contributed by atoms with Gasteiger partial charge in [-0.1, -0.05) is 18.9 Å². The monoisotopic (exact) mass is 549 g/mol. The number of aromatic nitrogens is 6. The highest BCUT2D eigenvalue weighted by Gasteiger charge is 2.21. The smallest absolute Gasteiger partial charge is 0.412 e. The highest BCUT2D eigenvalue weighted by Crippen LogP contribution is 2.39. The first kappa shape index (κ1) is 26.2. The lowest BCUT2D eigenvalue weighted by molar-refractivity contribution is 0.157. The fourth-order valence-corrected chi connectivity index (χ4v) is 4.28. The minimum absolute atomic E-state index is 0.0315. The van der Waals surface area contributed by atoms with E-state index in [1.165, 1.54) is 10.6 Å². The van der Waals surface area contributed by atoms with Gasteiger partial charge in [-0.2, -0.15) is 4.98 Å². The van der Waals surface area contributed by atoms with Crippen LogP contribution >= 0.6 is 0 Å². The van der Waals surface area contributed by atoms with E-state index in [-0.39, 0.29) is 42.0 Å². The number of carbonyl (C=O) groups is 1. The number of nitrogens with one attached hydrogen (secondary N) is 2. The van der Waals surface area contributed by atoms with Crippen molar-refractivity contribution < 1.29 is 29.2 Å². The van der Waals surface area contributed by atoms with E-state index in [2.05, 4.69) is 20.5 Å². The van der Waals surface area contributed by atoms with Crippen molar-refractivity contribution in [2.75, 3.05) is 11.9 Å². The van der Waals surface area contributed by atoms with Crippen molar-refractivity contribution in [3.63, 3.8) is 0 Å². The van der Waals surface area contributed by atoms with Crippen LogP contribution in [0.2, 0.25) is 0 Å². The number of benzene rings is 2. The van der Waals surface area contributed by atoms with E-state index < -0.39 is 29.4 Å². The van der Waals surface area contributed by atoms with Gasteiger partial charge >= 0.3 is 17.8 Å². The van der Waals surface area contributed by atoms with E-state index >= 15 is 0 Å². The number of phenols is 2. The molecule has 0 bridgehead atoms. The molecule has 3 heterocycles. The lowest BCUT2D eigenvalue weighted by Crippen LogP contribution is -2.21. The summed E-state index contributed by atoms with van der Waals surface area (Å²) in [7, 11) is 0. The van der Waals surface area contributed by atoms with Gasteiger partial charge in [-0.3, -0.25) is 5.32 Å². The number of anilines is 1. The molecule has 40 heavy (non-hydrogen) atoms. The van der Waals surface area contributed by atoms with Crippen molar-refractivity contribution >= 4 is 22.8 Å². The van der Waals surface area contributed by atoms with Crippen LogP contribution < -0.4 is 11.0 Å². The molecule has 0 atom stereocenters. The second-order valence-corrected chi connectivity index (χ2v) is 9.16. The number of nitrogens with zero attached hydrogens (tertiary/aromatic N) is 5. The number of fused-ring (bicyclic) bond motifs is 1. The third-order valence-electron chi connectivity index (χ3n) is 6.21. The molecular weight excluding hydrogens is 525 g/mol. The van der Waals surface area contributed by atoms with Crippen LogP contribution in [0.1, 0.15) is 25.3 Å². The number of halogens is 1. The van der Waals surface area contributed by atoms with Gasteiger partial charge in [0.25, 0.3) is 0 Å². The molecule has 0 unspecified atom stereocenters. The van der Waals surface area contributed by atoms with Gasteiger partial charge in [0, 0.05) is 29.4 Å². The fraction of sp³-hybridized carbons (Fsp3) is 0.192. The molecule has 0 saturated heterocycles. The van der Waals surface area contributed by atoms with E-state index in [0.29, 0.717) is 11.3 Å². The van der Waals surface area contributed by atoms with Crippen molar-refractivity contribution in [3.05, 3.63) is 70.7 Å². The quantitative estimate of drug-likeness (QED) is 0.203. The highest BCUT2D eigenvalue weighted by atomic mass is 19.1. The van der Waals surface area contributed by atoms with Crippen LogP contribution in [0.5, 0.6) is 17.5 Å². The maximum absolute atomic E-state index is 13.7. The SMILES string of the molecule is CC(C)c1cc(-c2nnc(O)n2-c2ccc3c(ccn3CCOC(=O)Nc3nc(=O)[nH]cc3F)c2)c(O)cc1O. The van der Waals surface area contributed by atoms with E-state index in [0.717, 1.165) is 17.1 Å². The van der Waals surface area contributed by atoms with E-state index in [1.807, 2.05) is 29.5 Å². The summed E-state index contributed by atoms with van der Waals surface area (Å²) in [5.74, 6) is -1.56. The summed E-state index contributed by atoms with van der Waals surface area (Å²) in [6, 6.07) is 9.58. The average molecular weight is 550 g/mol. The third kappa shape index (κ3) is 5.01. The summed E-state index contributed by atoms with van der Waals surface area (Å²) in [6.07, 6.45) is 1.59. The number of phenolic OH excluding ortho intramolecular Hbond substituents is 2. The molecule has 206 valence electrons. The summed E-state index contributed by atoms with van der Waals surface area (Å²) < 4.78 is 22.0. The highest BCUT2D eigenvalue weighted by molar-refractivity contribution is 5.84. The molecule has 1 amide bonds. The second-order valence-electron chi connectivity index (χ2n) is 9.16. The number of hydrogen-bond acceptors (Lipinski definition) is 9. The molecule has 0 fully saturated rings. The second kappa shape index (κ2) is 10.4. The third-order valence-corrected chi connectivity index (χ3v) is 6.21. The predicted octanol–water partition coefficient (Wildman–Crippen LogP) is 3.60. The molecule has 0 aliphatic heterocycles. The van der Waals surface area contributed by atoms with Gasteiger partial charge in [0.05, 0.1) is 17.8 Å². The molecule has 5 aromatic rings. The first-order chi connectivity index (χ1) is 19.1. The van der Waals surface area contributed by atoms with Crippen LogP contribution in [-0.4, -0.2) is 57.3 Å². The Bertz CT molecular complexity index is 1790.